The van der Waals surface area contributed by atoms with E-state index in [0.717, 1.165) is 22.5 Å². The van der Waals surface area contributed by atoms with Gasteiger partial charge in [0.25, 0.3) is 0 Å². The highest BCUT2D eigenvalue weighted by atomic mass is 35.5. The second-order valence-electron chi connectivity index (χ2n) is 4.32. The summed E-state index contributed by atoms with van der Waals surface area (Å²) in [5.41, 5.74) is 3.86. The van der Waals surface area contributed by atoms with E-state index in [1.54, 1.807) is 12.3 Å². The third-order valence-corrected chi connectivity index (χ3v) is 3.25. The number of halogens is 1. The second-order valence-corrected chi connectivity index (χ2v) is 4.73. The lowest BCUT2D eigenvalue weighted by Gasteiger charge is -2.08. The van der Waals surface area contributed by atoms with Crippen LogP contribution in [0.4, 0.5) is 0 Å². The number of rotatable bonds is 3. The molecule has 0 saturated carbocycles. The molecule has 6 heteroatoms. The van der Waals surface area contributed by atoms with E-state index in [9.17, 15) is 0 Å². The Balaban J connectivity index is 2.22. The fourth-order valence-corrected chi connectivity index (χ4v) is 2.28. The van der Waals surface area contributed by atoms with Gasteiger partial charge in [0.2, 0.25) is 5.88 Å². The van der Waals surface area contributed by atoms with E-state index in [0.29, 0.717) is 23.0 Å². The number of fused-ring (bicyclic) bond motifs is 1. The van der Waals surface area contributed by atoms with Gasteiger partial charge in [-0.25, -0.2) is 9.97 Å². The summed E-state index contributed by atoms with van der Waals surface area (Å²) in [6.45, 7) is 4.38. The predicted octanol–water partition coefficient (Wildman–Crippen LogP) is 3.38. The SMILES string of the molecule is CCOc1ncccc1-c1cc(Cl)c2n[nH]c(C)c2n1. The summed E-state index contributed by atoms with van der Waals surface area (Å²) >= 11 is 6.27. The number of pyridine rings is 2. The van der Waals surface area contributed by atoms with Crippen LogP contribution in [0.5, 0.6) is 5.88 Å². The first-order valence-corrected chi connectivity index (χ1v) is 6.68. The van der Waals surface area contributed by atoms with Crippen LogP contribution in [-0.2, 0) is 0 Å². The fourth-order valence-electron chi connectivity index (χ4n) is 2.04. The van der Waals surface area contributed by atoms with E-state index in [2.05, 4.69) is 20.2 Å². The number of aryl methyl sites for hydroxylation is 1. The van der Waals surface area contributed by atoms with Crippen LogP contribution >= 0.6 is 11.6 Å². The van der Waals surface area contributed by atoms with Crippen molar-refractivity contribution in [3.8, 4) is 17.1 Å². The smallest absolute Gasteiger partial charge is 0.222 e. The average molecular weight is 289 g/mol. The molecule has 3 rings (SSSR count). The molecule has 20 heavy (non-hydrogen) atoms. The lowest BCUT2D eigenvalue weighted by atomic mass is 10.1. The highest BCUT2D eigenvalue weighted by molar-refractivity contribution is 6.35. The summed E-state index contributed by atoms with van der Waals surface area (Å²) in [7, 11) is 0. The lowest BCUT2D eigenvalue weighted by Crippen LogP contribution is -1.97. The number of hydrogen-bond acceptors (Lipinski definition) is 4. The monoisotopic (exact) mass is 288 g/mol. The molecule has 3 aromatic heterocycles. The Morgan fingerprint density at radius 3 is 3.00 bits per heavy atom. The van der Waals surface area contributed by atoms with Crippen LogP contribution in [0, 0.1) is 6.92 Å². The zero-order chi connectivity index (χ0) is 14.1. The Labute approximate surface area is 121 Å². The third kappa shape index (κ3) is 2.10. The molecule has 0 amide bonds. The van der Waals surface area contributed by atoms with Crippen LogP contribution in [0.3, 0.4) is 0 Å². The topological polar surface area (TPSA) is 63.7 Å². The number of aromatic nitrogens is 4. The van der Waals surface area contributed by atoms with Gasteiger partial charge in [-0.2, -0.15) is 5.10 Å². The van der Waals surface area contributed by atoms with Crippen molar-refractivity contribution in [3.63, 3.8) is 0 Å². The van der Waals surface area contributed by atoms with Gasteiger partial charge >= 0.3 is 0 Å². The molecule has 0 bridgehead atoms. The number of hydrogen-bond donors (Lipinski definition) is 1. The van der Waals surface area contributed by atoms with Crippen LogP contribution in [0.1, 0.15) is 12.6 Å². The number of aromatic amines is 1. The molecule has 0 aromatic carbocycles. The highest BCUT2D eigenvalue weighted by Gasteiger charge is 2.14. The predicted molar refractivity (Wildman–Crippen MR) is 78.0 cm³/mol. The fraction of sp³-hybridized carbons (Fsp3) is 0.214. The van der Waals surface area contributed by atoms with E-state index >= 15 is 0 Å². The summed E-state index contributed by atoms with van der Waals surface area (Å²) in [6.07, 6.45) is 1.69. The minimum Gasteiger partial charge on any atom is -0.477 e. The number of nitrogens with one attached hydrogen (secondary N) is 1. The van der Waals surface area contributed by atoms with Crippen LogP contribution in [-0.4, -0.2) is 26.8 Å². The van der Waals surface area contributed by atoms with Gasteiger partial charge in [-0.15, -0.1) is 0 Å². The largest absolute Gasteiger partial charge is 0.477 e. The quantitative estimate of drug-likeness (QED) is 0.802. The lowest BCUT2D eigenvalue weighted by molar-refractivity contribution is 0.328. The minimum absolute atomic E-state index is 0.546. The van der Waals surface area contributed by atoms with Gasteiger partial charge in [-0.3, -0.25) is 5.10 Å². The van der Waals surface area contributed by atoms with Crippen LogP contribution in [0.25, 0.3) is 22.3 Å². The maximum atomic E-state index is 6.27. The zero-order valence-corrected chi connectivity index (χ0v) is 11.9. The van der Waals surface area contributed by atoms with Gasteiger partial charge in [-0.05, 0) is 32.0 Å². The van der Waals surface area contributed by atoms with Crippen LogP contribution < -0.4 is 4.74 Å². The molecule has 0 aliphatic rings. The normalized spacial score (nSPS) is 10.9. The Kier molecular flexibility index (Phi) is 3.28. The molecule has 0 saturated heterocycles. The van der Waals surface area contributed by atoms with Crippen LogP contribution in [0.15, 0.2) is 24.4 Å². The molecule has 0 fully saturated rings. The van der Waals surface area contributed by atoms with Gasteiger partial charge in [-0.1, -0.05) is 11.6 Å². The molecular formula is C14H13ClN4O. The van der Waals surface area contributed by atoms with E-state index < -0.39 is 0 Å². The molecule has 102 valence electrons. The summed E-state index contributed by atoms with van der Waals surface area (Å²) in [5.74, 6) is 0.555. The van der Waals surface area contributed by atoms with Crippen molar-refractivity contribution in [2.24, 2.45) is 0 Å². The maximum Gasteiger partial charge on any atom is 0.222 e. The molecule has 0 aliphatic carbocycles. The molecule has 3 heterocycles. The van der Waals surface area contributed by atoms with Gasteiger partial charge in [0, 0.05) is 6.20 Å². The molecule has 1 N–H and O–H groups in total. The molecule has 0 aliphatic heterocycles. The van der Waals surface area contributed by atoms with E-state index in [1.807, 2.05) is 26.0 Å². The van der Waals surface area contributed by atoms with Crippen molar-refractivity contribution in [1.29, 1.82) is 0 Å². The molecule has 0 atom stereocenters. The van der Waals surface area contributed by atoms with E-state index in [1.165, 1.54) is 0 Å². The van der Waals surface area contributed by atoms with Crippen molar-refractivity contribution in [3.05, 3.63) is 35.1 Å². The van der Waals surface area contributed by atoms with Crippen molar-refractivity contribution in [1.82, 2.24) is 20.2 Å². The number of ether oxygens (including phenoxy) is 1. The second kappa shape index (κ2) is 5.09. The van der Waals surface area contributed by atoms with Crippen molar-refractivity contribution in [2.45, 2.75) is 13.8 Å². The Hall–Kier alpha value is -2.14. The summed E-state index contributed by atoms with van der Waals surface area (Å²) in [5, 5.41) is 7.59. The summed E-state index contributed by atoms with van der Waals surface area (Å²) in [6, 6.07) is 5.54. The highest BCUT2D eigenvalue weighted by Crippen LogP contribution is 2.31. The summed E-state index contributed by atoms with van der Waals surface area (Å²) < 4.78 is 5.54. The van der Waals surface area contributed by atoms with Gasteiger partial charge in [0.15, 0.2) is 0 Å². The van der Waals surface area contributed by atoms with E-state index in [4.69, 9.17) is 16.3 Å². The minimum atomic E-state index is 0.546. The summed E-state index contributed by atoms with van der Waals surface area (Å²) in [4.78, 5) is 8.85. The first-order valence-electron chi connectivity index (χ1n) is 6.30. The molecule has 0 unspecified atom stereocenters. The number of nitrogens with zero attached hydrogens (tertiary/aromatic N) is 3. The van der Waals surface area contributed by atoms with Gasteiger partial charge in [0.05, 0.1) is 28.6 Å². The first-order chi connectivity index (χ1) is 9.70. The third-order valence-electron chi connectivity index (χ3n) is 2.97. The zero-order valence-electron chi connectivity index (χ0n) is 11.1. The van der Waals surface area contributed by atoms with Crippen molar-refractivity contribution < 1.29 is 4.74 Å². The molecule has 0 spiro atoms. The Morgan fingerprint density at radius 1 is 1.35 bits per heavy atom. The van der Waals surface area contributed by atoms with Gasteiger partial charge in [0.1, 0.15) is 11.0 Å². The average Bonchev–Trinajstić information content (AvgIpc) is 2.82. The molecule has 5 nitrogen and oxygen atoms in total. The number of H-pyrrole nitrogens is 1. The van der Waals surface area contributed by atoms with Gasteiger partial charge < -0.3 is 4.74 Å². The van der Waals surface area contributed by atoms with Crippen molar-refractivity contribution in [2.75, 3.05) is 6.61 Å². The molecule has 0 radical (unpaired) electrons. The molecular weight excluding hydrogens is 276 g/mol. The Morgan fingerprint density at radius 2 is 2.20 bits per heavy atom. The standard InChI is InChI=1S/C14H13ClN4O/c1-3-20-14-9(5-4-6-16-14)11-7-10(15)13-12(17-11)8(2)18-19-13/h4-7H,3H2,1-2H3,(H,18,19). The van der Waals surface area contributed by atoms with Crippen molar-refractivity contribution >= 4 is 22.6 Å². The molecule has 3 aromatic rings. The van der Waals surface area contributed by atoms with E-state index in [-0.39, 0.29) is 0 Å². The maximum absolute atomic E-state index is 6.27. The first kappa shape index (κ1) is 12.9. The Bertz CT molecular complexity index is 769. The van der Waals surface area contributed by atoms with Crippen LogP contribution in [0.2, 0.25) is 5.02 Å².